The molecule has 28 heavy (non-hydrogen) atoms. The molecule has 5 nitrogen and oxygen atoms in total. The quantitative estimate of drug-likeness (QED) is 0.583. The lowest BCUT2D eigenvalue weighted by Crippen LogP contribution is -2.38. The zero-order chi connectivity index (χ0) is 20.4. The van der Waals surface area contributed by atoms with E-state index in [4.69, 9.17) is 14.2 Å². The smallest absolute Gasteiger partial charge is 0.261 e. The maximum Gasteiger partial charge on any atom is 0.261 e. The molecule has 2 aromatic carbocycles. The monoisotopic (exact) mass is 385 g/mol. The van der Waals surface area contributed by atoms with E-state index in [9.17, 15) is 4.79 Å². The summed E-state index contributed by atoms with van der Waals surface area (Å²) in [6.45, 7) is 6.57. The number of carbonyl (C=O) groups is 1. The summed E-state index contributed by atoms with van der Waals surface area (Å²) in [5.41, 5.74) is 1.23. The van der Waals surface area contributed by atoms with E-state index < -0.39 is 6.10 Å². The van der Waals surface area contributed by atoms with Crippen LogP contribution in [0.3, 0.4) is 0 Å². The van der Waals surface area contributed by atoms with Crippen LogP contribution < -0.4 is 19.5 Å². The van der Waals surface area contributed by atoms with Gasteiger partial charge in [0.2, 0.25) is 0 Å². The Bertz CT molecular complexity index is 728. The first-order valence-electron chi connectivity index (χ1n) is 9.85. The molecule has 0 bridgehead atoms. The number of nitrogens with one attached hydrogen (secondary N) is 1. The molecule has 0 aliphatic carbocycles. The van der Waals surface area contributed by atoms with Gasteiger partial charge in [-0.15, -0.1) is 0 Å². The first kappa shape index (κ1) is 21.6. The molecule has 0 fully saturated rings. The van der Waals surface area contributed by atoms with Gasteiger partial charge in [-0.1, -0.05) is 25.1 Å². The standard InChI is InChI=1S/C23H31NO4/c1-5-22(28-21-10-6-9-20(16-21)26-4)23(25)24-15-7-8-18-11-13-19(14-12-18)27-17(2)3/h6,9-14,16-17,22H,5,7-8,15H2,1-4H3,(H,24,25)/t22-/m1/s1. The van der Waals surface area contributed by atoms with Crippen molar-refractivity contribution in [3.05, 3.63) is 54.1 Å². The number of aryl methyl sites for hydroxylation is 1. The summed E-state index contributed by atoms with van der Waals surface area (Å²) in [6, 6.07) is 15.4. The van der Waals surface area contributed by atoms with Crippen LogP contribution in [0.1, 0.15) is 39.2 Å². The Morgan fingerprint density at radius 1 is 1.00 bits per heavy atom. The highest BCUT2D eigenvalue weighted by Crippen LogP contribution is 2.20. The topological polar surface area (TPSA) is 56.8 Å². The largest absolute Gasteiger partial charge is 0.497 e. The Balaban J connectivity index is 1.75. The highest BCUT2D eigenvalue weighted by Gasteiger charge is 2.18. The molecule has 1 amide bonds. The molecule has 0 radical (unpaired) electrons. The number of hydrogen-bond acceptors (Lipinski definition) is 4. The summed E-state index contributed by atoms with van der Waals surface area (Å²) in [5.74, 6) is 2.13. The first-order chi connectivity index (χ1) is 13.5. The maximum atomic E-state index is 12.4. The van der Waals surface area contributed by atoms with E-state index in [2.05, 4.69) is 17.4 Å². The van der Waals surface area contributed by atoms with Crippen LogP contribution in [0.25, 0.3) is 0 Å². The summed E-state index contributed by atoms with van der Waals surface area (Å²) in [5, 5.41) is 2.97. The molecule has 2 aromatic rings. The fraction of sp³-hybridized carbons (Fsp3) is 0.435. The number of carbonyl (C=O) groups excluding carboxylic acids is 1. The summed E-state index contributed by atoms with van der Waals surface area (Å²) < 4.78 is 16.7. The van der Waals surface area contributed by atoms with Gasteiger partial charge >= 0.3 is 0 Å². The van der Waals surface area contributed by atoms with Crippen molar-refractivity contribution >= 4 is 5.91 Å². The Labute approximate surface area is 168 Å². The second kappa shape index (κ2) is 11.2. The van der Waals surface area contributed by atoms with Gasteiger partial charge in [-0.2, -0.15) is 0 Å². The lowest BCUT2D eigenvalue weighted by Gasteiger charge is -2.17. The highest BCUT2D eigenvalue weighted by molar-refractivity contribution is 5.81. The van der Waals surface area contributed by atoms with Gasteiger partial charge in [0, 0.05) is 12.6 Å². The van der Waals surface area contributed by atoms with Gasteiger partial charge in [0.1, 0.15) is 17.2 Å². The molecular formula is C23H31NO4. The average molecular weight is 386 g/mol. The van der Waals surface area contributed by atoms with Gasteiger partial charge in [-0.05, 0) is 62.9 Å². The highest BCUT2D eigenvalue weighted by atomic mass is 16.5. The van der Waals surface area contributed by atoms with Gasteiger partial charge in [0.05, 0.1) is 13.2 Å². The molecule has 0 unspecified atom stereocenters. The molecular weight excluding hydrogens is 354 g/mol. The van der Waals surface area contributed by atoms with Crippen molar-refractivity contribution in [1.29, 1.82) is 0 Å². The molecule has 0 aliphatic heterocycles. The minimum Gasteiger partial charge on any atom is -0.497 e. The third-order valence-electron chi connectivity index (χ3n) is 4.22. The Morgan fingerprint density at radius 3 is 2.36 bits per heavy atom. The van der Waals surface area contributed by atoms with Crippen molar-refractivity contribution in [2.24, 2.45) is 0 Å². The van der Waals surface area contributed by atoms with Gasteiger partial charge in [0.25, 0.3) is 5.91 Å². The Hall–Kier alpha value is -2.69. The molecule has 0 saturated carbocycles. The Kier molecular flexibility index (Phi) is 8.66. The van der Waals surface area contributed by atoms with Crippen molar-refractivity contribution in [2.75, 3.05) is 13.7 Å². The van der Waals surface area contributed by atoms with Crippen LogP contribution in [0, 0.1) is 0 Å². The molecule has 1 atom stereocenters. The van der Waals surface area contributed by atoms with E-state index in [1.807, 2.05) is 51.1 Å². The maximum absolute atomic E-state index is 12.4. The average Bonchev–Trinajstić information content (AvgIpc) is 2.70. The van der Waals surface area contributed by atoms with Gasteiger partial charge < -0.3 is 19.5 Å². The molecule has 0 aromatic heterocycles. The fourth-order valence-electron chi connectivity index (χ4n) is 2.79. The molecule has 2 rings (SSSR count). The van der Waals surface area contributed by atoms with E-state index in [1.54, 1.807) is 13.2 Å². The van der Waals surface area contributed by atoms with E-state index in [1.165, 1.54) is 5.56 Å². The van der Waals surface area contributed by atoms with Crippen LogP contribution in [0.5, 0.6) is 17.2 Å². The summed E-state index contributed by atoms with van der Waals surface area (Å²) in [7, 11) is 1.61. The molecule has 5 heteroatoms. The number of amides is 1. The second-order valence-electron chi connectivity index (χ2n) is 6.90. The predicted molar refractivity (Wildman–Crippen MR) is 111 cm³/mol. The third-order valence-corrected chi connectivity index (χ3v) is 4.22. The SMILES string of the molecule is CC[C@@H](Oc1cccc(OC)c1)C(=O)NCCCc1ccc(OC(C)C)cc1. The van der Waals surface area contributed by atoms with E-state index in [0.29, 0.717) is 24.5 Å². The molecule has 0 heterocycles. The number of benzene rings is 2. The fourth-order valence-corrected chi connectivity index (χ4v) is 2.79. The molecule has 0 spiro atoms. The van der Waals surface area contributed by atoms with Crippen molar-refractivity contribution in [2.45, 2.75) is 52.2 Å². The summed E-state index contributed by atoms with van der Waals surface area (Å²) >= 11 is 0. The van der Waals surface area contributed by atoms with Gasteiger partial charge in [-0.25, -0.2) is 0 Å². The van der Waals surface area contributed by atoms with Crippen LogP contribution in [0.4, 0.5) is 0 Å². The lowest BCUT2D eigenvalue weighted by molar-refractivity contribution is -0.128. The van der Waals surface area contributed by atoms with Crippen molar-refractivity contribution < 1.29 is 19.0 Å². The van der Waals surface area contributed by atoms with Crippen LogP contribution in [-0.2, 0) is 11.2 Å². The summed E-state index contributed by atoms with van der Waals surface area (Å²) in [6.07, 6.45) is 2.02. The second-order valence-corrected chi connectivity index (χ2v) is 6.90. The molecule has 0 saturated heterocycles. The number of methoxy groups -OCH3 is 1. The number of hydrogen-bond donors (Lipinski definition) is 1. The minimum atomic E-state index is -0.514. The predicted octanol–water partition coefficient (Wildman–Crippen LogP) is 4.39. The van der Waals surface area contributed by atoms with E-state index in [0.717, 1.165) is 18.6 Å². The van der Waals surface area contributed by atoms with Crippen molar-refractivity contribution in [3.63, 3.8) is 0 Å². The third kappa shape index (κ3) is 7.14. The number of rotatable bonds is 11. The zero-order valence-corrected chi connectivity index (χ0v) is 17.2. The lowest BCUT2D eigenvalue weighted by atomic mass is 10.1. The van der Waals surface area contributed by atoms with Crippen LogP contribution in [0.15, 0.2) is 48.5 Å². The zero-order valence-electron chi connectivity index (χ0n) is 17.2. The molecule has 152 valence electrons. The van der Waals surface area contributed by atoms with Gasteiger partial charge in [0.15, 0.2) is 6.10 Å². The first-order valence-corrected chi connectivity index (χ1v) is 9.85. The number of ether oxygens (including phenoxy) is 3. The van der Waals surface area contributed by atoms with Crippen LogP contribution >= 0.6 is 0 Å². The molecule has 0 aliphatic rings. The van der Waals surface area contributed by atoms with Crippen molar-refractivity contribution in [3.8, 4) is 17.2 Å². The normalized spacial score (nSPS) is 11.8. The molecule has 1 N–H and O–H groups in total. The van der Waals surface area contributed by atoms with E-state index in [-0.39, 0.29) is 12.0 Å². The van der Waals surface area contributed by atoms with Crippen LogP contribution in [0.2, 0.25) is 0 Å². The minimum absolute atomic E-state index is 0.0917. The summed E-state index contributed by atoms with van der Waals surface area (Å²) in [4.78, 5) is 12.4. The van der Waals surface area contributed by atoms with E-state index >= 15 is 0 Å². The van der Waals surface area contributed by atoms with Crippen LogP contribution in [-0.4, -0.2) is 31.8 Å². The Morgan fingerprint density at radius 2 is 1.71 bits per heavy atom. The van der Waals surface area contributed by atoms with Gasteiger partial charge in [-0.3, -0.25) is 4.79 Å². The van der Waals surface area contributed by atoms with Crippen molar-refractivity contribution in [1.82, 2.24) is 5.32 Å².